The maximum Gasteiger partial charge on any atom is 0.332 e. The van der Waals surface area contributed by atoms with Gasteiger partial charge in [0.1, 0.15) is 0 Å². The second-order valence-electron chi connectivity index (χ2n) is 6.37. The van der Waals surface area contributed by atoms with Crippen LogP contribution in [0.3, 0.4) is 0 Å². The van der Waals surface area contributed by atoms with E-state index in [4.69, 9.17) is 19.0 Å². The molecule has 0 bridgehead atoms. The van der Waals surface area contributed by atoms with Crippen molar-refractivity contribution in [3.63, 3.8) is 0 Å². The fourth-order valence-corrected chi connectivity index (χ4v) is 2.78. The topological polar surface area (TPSA) is 124 Å². The lowest BCUT2D eigenvalue weighted by Crippen LogP contribution is -2.25. The number of ether oxygens (including phenoxy) is 3. The van der Waals surface area contributed by atoms with Crippen LogP contribution in [-0.2, 0) is 14.4 Å². The Kier molecular flexibility index (Phi) is 8.13. The van der Waals surface area contributed by atoms with Crippen LogP contribution >= 0.6 is 0 Å². The van der Waals surface area contributed by atoms with E-state index in [1.54, 1.807) is 12.1 Å². The molecule has 0 saturated carbocycles. The minimum atomic E-state index is -0.708. The van der Waals surface area contributed by atoms with Crippen LogP contribution in [0.1, 0.15) is 30.9 Å². The highest BCUT2D eigenvalue weighted by atomic mass is 16.7. The highest BCUT2D eigenvalue weighted by Crippen LogP contribution is 2.41. The van der Waals surface area contributed by atoms with Crippen molar-refractivity contribution in [2.75, 3.05) is 21.3 Å². The van der Waals surface area contributed by atoms with E-state index < -0.39 is 11.9 Å². The number of phenolic OH excluding ortho intramolecular Hbond substituents is 2. The molecule has 31 heavy (non-hydrogen) atoms. The molecule has 2 rings (SSSR count). The third kappa shape index (κ3) is 5.81. The first kappa shape index (κ1) is 23.4. The van der Waals surface area contributed by atoms with Crippen molar-refractivity contribution in [3.05, 3.63) is 47.5 Å². The molecule has 0 aromatic heterocycles. The molecule has 0 spiro atoms. The molecule has 9 heteroatoms. The number of rotatable bonds is 8. The third-order valence-electron chi connectivity index (χ3n) is 4.26. The van der Waals surface area contributed by atoms with Crippen LogP contribution in [0.2, 0.25) is 0 Å². The number of amides is 1. The molecule has 0 heterocycles. The molecule has 0 aliphatic carbocycles. The van der Waals surface area contributed by atoms with Gasteiger partial charge in [-0.3, -0.25) is 4.79 Å². The largest absolute Gasteiger partial charge is 0.504 e. The first-order valence-corrected chi connectivity index (χ1v) is 9.38. The van der Waals surface area contributed by atoms with Gasteiger partial charge in [-0.1, -0.05) is 13.0 Å². The Morgan fingerprint density at radius 3 is 2.10 bits per heavy atom. The number of carbonyl (C=O) groups is 2. The van der Waals surface area contributed by atoms with E-state index in [0.29, 0.717) is 40.4 Å². The summed E-state index contributed by atoms with van der Waals surface area (Å²) in [6, 6.07) is 7.33. The summed E-state index contributed by atoms with van der Waals surface area (Å²) in [6.07, 6.45) is 1.93. The summed E-state index contributed by atoms with van der Waals surface area (Å²) in [6.45, 7) is 1.81. The zero-order valence-electron chi connectivity index (χ0n) is 17.7. The first-order chi connectivity index (χ1) is 14.8. The minimum Gasteiger partial charge on any atom is -0.504 e. The van der Waals surface area contributed by atoms with Gasteiger partial charge in [0.2, 0.25) is 5.75 Å². The van der Waals surface area contributed by atoms with Gasteiger partial charge in [0.25, 0.3) is 5.91 Å². The Hall–Kier alpha value is -3.88. The fourth-order valence-electron chi connectivity index (χ4n) is 2.78. The molecule has 0 radical (unpaired) electrons. The molecule has 1 amide bonds. The lowest BCUT2D eigenvalue weighted by Gasteiger charge is -2.16. The summed E-state index contributed by atoms with van der Waals surface area (Å²) in [7, 11) is 4.38. The second-order valence-corrected chi connectivity index (χ2v) is 6.37. The zero-order valence-corrected chi connectivity index (χ0v) is 17.7. The first-order valence-electron chi connectivity index (χ1n) is 9.38. The van der Waals surface area contributed by atoms with Gasteiger partial charge < -0.3 is 29.3 Å². The van der Waals surface area contributed by atoms with E-state index in [9.17, 15) is 19.8 Å². The van der Waals surface area contributed by atoms with Gasteiger partial charge in [0, 0.05) is 12.5 Å². The van der Waals surface area contributed by atoms with Gasteiger partial charge in [-0.05, 0) is 47.4 Å². The number of methoxy groups -OCH3 is 3. The monoisotopic (exact) mass is 431 g/mol. The SMILES string of the molecule is CCCC(=O)ONC(=O)/C=C(/c1ccc(O)c(O)c1)c1cc(OC)c(OC)c(OC)c1. The number of carbonyl (C=O) groups excluding carboxylic acids is 2. The van der Waals surface area contributed by atoms with Gasteiger partial charge in [-0.15, -0.1) is 0 Å². The average molecular weight is 431 g/mol. The molecular weight excluding hydrogens is 406 g/mol. The van der Waals surface area contributed by atoms with Crippen LogP contribution in [0.4, 0.5) is 0 Å². The summed E-state index contributed by atoms with van der Waals surface area (Å²) in [4.78, 5) is 28.7. The van der Waals surface area contributed by atoms with Gasteiger partial charge in [-0.2, -0.15) is 5.48 Å². The van der Waals surface area contributed by atoms with Crippen molar-refractivity contribution in [2.45, 2.75) is 19.8 Å². The average Bonchev–Trinajstić information content (AvgIpc) is 2.77. The predicted molar refractivity (Wildman–Crippen MR) is 112 cm³/mol. The highest BCUT2D eigenvalue weighted by molar-refractivity contribution is 5.99. The lowest BCUT2D eigenvalue weighted by atomic mass is 9.96. The van der Waals surface area contributed by atoms with Gasteiger partial charge in [-0.25, -0.2) is 4.79 Å². The van der Waals surface area contributed by atoms with E-state index in [1.165, 1.54) is 45.6 Å². The summed E-state index contributed by atoms with van der Waals surface area (Å²) in [5.74, 6) is -0.904. The molecular formula is C22H25NO8. The van der Waals surface area contributed by atoms with Gasteiger partial charge in [0.05, 0.1) is 21.3 Å². The summed E-state index contributed by atoms with van der Waals surface area (Å²) in [5.41, 5.74) is 3.29. The van der Waals surface area contributed by atoms with Crippen LogP contribution in [0.15, 0.2) is 36.4 Å². The van der Waals surface area contributed by atoms with Crippen molar-refractivity contribution < 1.29 is 38.9 Å². The third-order valence-corrected chi connectivity index (χ3v) is 4.26. The molecule has 0 aliphatic rings. The predicted octanol–water partition coefficient (Wildman–Crippen LogP) is 2.93. The molecule has 9 nitrogen and oxygen atoms in total. The molecule has 0 saturated heterocycles. The molecule has 2 aromatic carbocycles. The Balaban J connectivity index is 2.56. The number of benzene rings is 2. The Labute approximate surface area is 179 Å². The van der Waals surface area contributed by atoms with Crippen molar-refractivity contribution in [2.24, 2.45) is 0 Å². The van der Waals surface area contributed by atoms with Gasteiger partial charge >= 0.3 is 5.97 Å². The Morgan fingerprint density at radius 1 is 0.935 bits per heavy atom. The van der Waals surface area contributed by atoms with E-state index >= 15 is 0 Å². The maximum absolute atomic E-state index is 12.4. The van der Waals surface area contributed by atoms with Crippen LogP contribution in [0.5, 0.6) is 28.7 Å². The Bertz CT molecular complexity index is 958. The van der Waals surface area contributed by atoms with Crippen LogP contribution in [0, 0.1) is 0 Å². The Morgan fingerprint density at radius 2 is 1.58 bits per heavy atom. The van der Waals surface area contributed by atoms with E-state index in [0.717, 1.165) is 0 Å². The number of phenols is 2. The number of hydroxylamine groups is 1. The van der Waals surface area contributed by atoms with Crippen LogP contribution < -0.4 is 19.7 Å². The molecule has 0 aliphatic heterocycles. The normalized spacial score (nSPS) is 10.9. The van der Waals surface area contributed by atoms with Gasteiger partial charge in [0.15, 0.2) is 23.0 Å². The van der Waals surface area contributed by atoms with Crippen molar-refractivity contribution in [1.82, 2.24) is 5.48 Å². The summed E-state index contributed by atoms with van der Waals surface area (Å²) >= 11 is 0. The highest BCUT2D eigenvalue weighted by Gasteiger charge is 2.18. The fraction of sp³-hybridized carbons (Fsp3) is 0.273. The van der Waals surface area contributed by atoms with Crippen molar-refractivity contribution in [3.8, 4) is 28.7 Å². The van der Waals surface area contributed by atoms with Crippen molar-refractivity contribution in [1.29, 1.82) is 0 Å². The smallest absolute Gasteiger partial charge is 0.332 e. The minimum absolute atomic E-state index is 0.162. The molecule has 2 aromatic rings. The molecule has 0 unspecified atom stereocenters. The quantitative estimate of drug-likeness (QED) is 0.331. The molecule has 3 N–H and O–H groups in total. The molecule has 0 atom stereocenters. The molecule has 0 fully saturated rings. The number of nitrogens with one attached hydrogen (secondary N) is 1. The number of hydrogen-bond donors (Lipinski definition) is 3. The second kappa shape index (κ2) is 10.8. The summed E-state index contributed by atoms with van der Waals surface area (Å²) in [5, 5.41) is 19.6. The maximum atomic E-state index is 12.4. The number of hydrogen-bond acceptors (Lipinski definition) is 8. The lowest BCUT2D eigenvalue weighted by molar-refractivity contribution is -0.156. The van der Waals surface area contributed by atoms with E-state index in [-0.39, 0.29) is 17.9 Å². The van der Waals surface area contributed by atoms with Crippen LogP contribution in [0.25, 0.3) is 5.57 Å². The zero-order chi connectivity index (χ0) is 23.0. The summed E-state index contributed by atoms with van der Waals surface area (Å²) < 4.78 is 16.1. The van der Waals surface area contributed by atoms with Crippen LogP contribution in [-0.4, -0.2) is 43.4 Å². The molecule has 166 valence electrons. The van der Waals surface area contributed by atoms with E-state index in [1.807, 2.05) is 6.92 Å². The van der Waals surface area contributed by atoms with E-state index in [2.05, 4.69) is 5.48 Å². The van der Waals surface area contributed by atoms with Crippen molar-refractivity contribution >= 4 is 17.4 Å². The standard InChI is InChI=1S/C22H25NO8/c1-5-6-21(27)31-23-20(26)12-15(13-7-8-16(24)17(25)9-13)14-10-18(28-2)22(30-4)19(11-14)29-3/h7-12,24-25H,5-6H2,1-4H3,(H,23,26)/b15-12-. The number of aromatic hydroxyl groups is 2.